The second-order valence-electron chi connectivity index (χ2n) is 9.95. The molecule has 42 heavy (non-hydrogen) atoms. The van der Waals surface area contributed by atoms with E-state index in [1.54, 1.807) is 12.1 Å². The Bertz CT molecular complexity index is 1430. The predicted molar refractivity (Wildman–Crippen MR) is 160 cm³/mol. The quantitative estimate of drug-likeness (QED) is 0.163. The third-order valence-corrected chi connectivity index (χ3v) is 9.80. The maximum atomic E-state index is 10.4. The molecular weight excluding hydrogens is 572 g/mol. The lowest BCUT2D eigenvalue weighted by molar-refractivity contribution is -0.0393. The van der Waals surface area contributed by atoms with Crippen LogP contribution in [-0.4, -0.2) is 38.8 Å². The molecule has 9 heteroatoms. The van der Waals surface area contributed by atoms with Crippen molar-refractivity contribution in [1.29, 1.82) is 0 Å². The van der Waals surface area contributed by atoms with E-state index >= 15 is 0 Å². The van der Waals surface area contributed by atoms with Crippen LogP contribution >= 0.6 is 0 Å². The van der Waals surface area contributed by atoms with Crippen molar-refractivity contribution in [2.24, 2.45) is 0 Å². The van der Waals surface area contributed by atoms with Crippen LogP contribution in [0.3, 0.4) is 0 Å². The highest BCUT2D eigenvalue weighted by Crippen LogP contribution is 2.34. The molecule has 0 spiro atoms. The lowest BCUT2D eigenvalue weighted by atomic mass is 10.2. The first-order valence-electron chi connectivity index (χ1n) is 13.9. The Morgan fingerprint density at radius 2 is 1.12 bits per heavy atom. The van der Waals surface area contributed by atoms with Crippen LogP contribution in [0, 0.1) is 6.92 Å². The Hall–Kier alpha value is -3.34. The van der Waals surface area contributed by atoms with Crippen LogP contribution in [0.1, 0.15) is 31.2 Å². The fourth-order valence-corrected chi connectivity index (χ4v) is 7.10. The summed E-state index contributed by atoms with van der Waals surface area (Å²) in [5.74, 6) is 1.71. The zero-order valence-electron chi connectivity index (χ0n) is 23.4. The van der Waals surface area contributed by atoms with Gasteiger partial charge in [-0.3, -0.25) is 0 Å². The van der Waals surface area contributed by atoms with Gasteiger partial charge in [0.15, 0.2) is 27.3 Å². The molecule has 0 saturated carbocycles. The third-order valence-electron chi connectivity index (χ3n) is 6.72. The number of rotatable bonds is 8. The van der Waals surface area contributed by atoms with Gasteiger partial charge in [-0.1, -0.05) is 35.9 Å². The lowest BCUT2D eigenvalue weighted by Crippen LogP contribution is -2.14. The van der Waals surface area contributed by atoms with Crippen molar-refractivity contribution >= 4 is 21.0 Å². The van der Waals surface area contributed by atoms with Crippen molar-refractivity contribution in [3.63, 3.8) is 0 Å². The number of hydrogen-bond acceptors (Lipinski definition) is 7. The molecule has 6 rings (SSSR count). The van der Waals surface area contributed by atoms with Gasteiger partial charge < -0.3 is 23.5 Å². The summed E-state index contributed by atoms with van der Waals surface area (Å²) < 4.78 is 54.3. The number of ether oxygens (including phenoxy) is 4. The van der Waals surface area contributed by atoms with Gasteiger partial charge in [0.25, 0.3) is 0 Å². The third kappa shape index (κ3) is 8.36. The molecule has 0 bridgehead atoms. The Labute approximate surface area is 250 Å². The molecule has 0 amide bonds. The smallest absolute Gasteiger partial charge is 0.199 e. The largest absolute Gasteiger partial charge is 0.744 e. The molecule has 2 saturated heterocycles. The monoisotopic (exact) mass is 606 g/mol. The Balaban J connectivity index is 0.000000271. The van der Waals surface area contributed by atoms with Crippen molar-refractivity contribution < 1.29 is 31.9 Å². The highest BCUT2D eigenvalue weighted by Gasteiger charge is 2.29. The second kappa shape index (κ2) is 14.2. The number of aryl methyl sites for hydroxylation is 1. The summed E-state index contributed by atoms with van der Waals surface area (Å²) in [6.07, 6.45) is 3.80. The molecule has 7 nitrogen and oxygen atoms in total. The molecule has 2 aliphatic heterocycles. The van der Waals surface area contributed by atoms with Gasteiger partial charge in [0, 0.05) is 12.8 Å². The molecule has 0 N–H and O–H groups in total. The van der Waals surface area contributed by atoms with Crippen LogP contribution in [0.2, 0.25) is 0 Å². The molecule has 220 valence electrons. The molecule has 4 aromatic rings. The normalized spacial score (nSPS) is 19.0. The van der Waals surface area contributed by atoms with Crippen molar-refractivity contribution in [2.75, 3.05) is 13.2 Å². The molecule has 2 unspecified atom stereocenters. The van der Waals surface area contributed by atoms with Gasteiger partial charge >= 0.3 is 0 Å². The lowest BCUT2D eigenvalue weighted by Gasteiger charge is -2.14. The first kappa shape index (κ1) is 30.1. The van der Waals surface area contributed by atoms with Gasteiger partial charge in [-0.15, -0.1) is 0 Å². The predicted octanol–water partition coefficient (Wildman–Crippen LogP) is 6.71. The molecule has 0 aliphatic carbocycles. The highest BCUT2D eigenvalue weighted by atomic mass is 32.2. The molecule has 0 radical (unpaired) electrons. The molecule has 2 aliphatic rings. The van der Waals surface area contributed by atoms with Crippen LogP contribution < -0.4 is 9.47 Å². The van der Waals surface area contributed by atoms with Crippen molar-refractivity contribution in [3.05, 3.63) is 109 Å². The van der Waals surface area contributed by atoms with Crippen LogP contribution in [0.25, 0.3) is 0 Å². The second-order valence-corrected chi connectivity index (χ2v) is 13.4. The van der Waals surface area contributed by atoms with E-state index in [9.17, 15) is 13.0 Å². The maximum absolute atomic E-state index is 10.4. The fraction of sp³-hybridized carbons (Fsp3) is 0.273. The molecular formula is C33H34O7S2. The minimum atomic E-state index is -4.27. The molecule has 0 aromatic heterocycles. The average molecular weight is 607 g/mol. The van der Waals surface area contributed by atoms with E-state index in [-0.39, 0.29) is 28.4 Å². The van der Waals surface area contributed by atoms with E-state index in [1.807, 2.05) is 6.92 Å². The SMILES string of the molecule is Cc1ccc(S(=O)(=O)[O-])cc1.c1ccc([S+](c2ccc(OC3CCCO3)cc2)c2ccc(OC3CCCO3)cc2)cc1. The van der Waals surface area contributed by atoms with Crippen molar-refractivity contribution in [2.45, 2.75) is 64.8 Å². The summed E-state index contributed by atoms with van der Waals surface area (Å²) in [6, 6.07) is 33.3. The standard InChI is InChI=1S/C26H27O4S.C7H8O3S/c1-2-6-22(7-3-1)31(23-14-10-20(11-15-23)29-25-8-4-18-27-25)24-16-12-21(13-17-24)30-26-9-5-19-28-26;1-6-2-4-7(5-3-6)11(8,9)10/h1-3,6-7,10-17,25-26H,4-5,8-9,18-19H2;2-5H,1H3,(H,8,9,10)/q+1;/p-1. The van der Waals surface area contributed by atoms with Gasteiger partial charge in [0.1, 0.15) is 21.6 Å². The topological polar surface area (TPSA) is 94.1 Å². The van der Waals surface area contributed by atoms with Crippen LogP contribution in [-0.2, 0) is 30.5 Å². The van der Waals surface area contributed by atoms with E-state index in [1.165, 1.54) is 26.8 Å². The molecule has 4 aromatic carbocycles. The van der Waals surface area contributed by atoms with Crippen LogP contribution in [0.5, 0.6) is 11.5 Å². The fourth-order valence-electron chi connectivity index (χ4n) is 4.56. The van der Waals surface area contributed by atoms with Gasteiger partial charge in [0.2, 0.25) is 0 Å². The van der Waals surface area contributed by atoms with Gasteiger partial charge in [-0.25, -0.2) is 8.42 Å². The van der Waals surface area contributed by atoms with Crippen LogP contribution in [0.4, 0.5) is 0 Å². The number of benzene rings is 4. The van der Waals surface area contributed by atoms with E-state index in [0.29, 0.717) is 0 Å². The molecule has 2 fully saturated rings. The van der Waals surface area contributed by atoms with E-state index in [0.717, 1.165) is 56.0 Å². The van der Waals surface area contributed by atoms with E-state index in [2.05, 4.69) is 78.9 Å². The number of hydrogen-bond donors (Lipinski definition) is 0. The molecule has 2 heterocycles. The van der Waals surface area contributed by atoms with Crippen LogP contribution in [0.15, 0.2) is 123 Å². The summed E-state index contributed by atoms with van der Waals surface area (Å²) in [4.78, 5) is 3.60. The van der Waals surface area contributed by atoms with E-state index < -0.39 is 10.1 Å². The Kier molecular flexibility index (Phi) is 10.2. The summed E-state index contributed by atoms with van der Waals surface area (Å²) in [5, 5.41) is 0. The zero-order valence-corrected chi connectivity index (χ0v) is 25.0. The summed E-state index contributed by atoms with van der Waals surface area (Å²) in [6.45, 7) is 3.39. The Morgan fingerprint density at radius 1 is 0.667 bits per heavy atom. The Morgan fingerprint density at radius 3 is 1.52 bits per heavy atom. The first-order valence-corrected chi connectivity index (χ1v) is 16.6. The summed E-state index contributed by atoms with van der Waals surface area (Å²) in [5.41, 5.74) is 0.928. The van der Waals surface area contributed by atoms with Gasteiger partial charge in [-0.2, -0.15) is 0 Å². The minimum absolute atomic E-state index is 0.116. The van der Waals surface area contributed by atoms with Gasteiger partial charge in [0.05, 0.1) is 29.0 Å². The minimum Gasteiger partial charge on any atom is -0.744 e. The molecule has 2 atom stereocenters. The average Bonchev–Trinajstić information content (AvgIpc) is 3.71. The van der Waals surface area contributed by atoms with E-state index in [4.69, 9.17) is 18.9 Å². The maximum Gasteiger partial charge on any atom is 0.199 e. The summed E-state index contributed by atoms with van der Waals surface area (Å²) in [7, 11) is -4.48. The summed E-state index contributed by atoms with van der Waals surface area (Å²) >= 11 is 0. The highest BCUT2D eigenvalue weighted by molar-refractivity contribution is 7.97. The zero-order chi connectivity index (χ0) is 29.4. The van der Waals surface area contributed by atoms with Crippen molar-refractivity contribution in [1.82, 2.24) is 0 Å². The van der Waals surface area contributed by atoms with Gasteiger partial charge in [-0.05, 0) is 92.6 Å². The first-order chi connectivity index (χ1) is 20.3. The van der Waals surface area contributed by atoms with Crippen molar-refractivity contribution in [3.8, 4) is 11.5 Å².